The van der Waals surface area contributed by atoms with Crippen LogP contribution in [0.3, 0.4) is 0 Å². The van der Waals surface area contributed by atoms with E-state index in [0.29, 0.717) is 35.3 Å². The molecule has 1 fully saturated rings. The van der Waals surface area contributed by atoms with Crippen LogP contribution >= 0.6 is 0 Å². The Hall–Kier alpha value is -2.27. The summed E-state index contributed by atoms with van der Waals surface area (Å²) in [7, 11) is 0. The average Bonchev–Trinajstić information content (AvgIpc) is 3.42. The van der Waals surface area contributed by atoms with Crippen molar-refractivity contribution < 1.29 is 23.7 Å². The lowest BCUT2D eigenvalue weighted by Crippen LogP contribution is -2.12. The third-order valence-electron chi connectivity index (χ3n) is 3.92. The standard InChI is InChI=1S/C20H23FO4/c1-14(22)11-23-17-6-8-18(9-7-17)25-13-16-4-5-19(10-20(16)21)24-12-15-2-3-15/h4-10,14-15,22H,2-3,11-13H2,1H3. The first-order chi connectivity index (χ1) is 12.1. The molecule has 0 aliphatic heterocycles. The molecule has 4 nitrogen and oxygen atoms in total. The maximum atomic E-state index is 14.1. The summed E-state index contributed by atoms with van der Waals surface area (Å²) in [4.78, 5) is 0. The van der Waals surface area contributed by atoms with E-state index in [9.17, 15) is 9.50 Å². The van der Waals surface area contributed by atoms with E-state index in [1.807, 2.05) is 0 Å². The number of halogens is 1. The summed E-state index contributed by atoms with van der Waals surface area (Å²) in [6.07, 6.45) is 1.89. The van der Waals surface area contributed by atoms with E-state index in [2.05, 4.69) is 0 Å². The van der Waals surface area contributed by atoms with Crippen molar-refractivity contribution in [3.63, 3.8) is 0 Å². The molecule has 2 aromatic carbocycles. The highest BCUT2D eigenvalue weighted by Gasteiger charge is 2.22. The largest absolute Gasteiger partial charge is 0.493 e. The van der Waals surface area contributed by atoms with E-state index in [0.717, 1.165) is 0 Å². The molecule has 0 amide bonds. The lowest BCUT2D eigenvalue weighted by molar-refractivity contribution is 0.122. The SMILES string of the molecule is CC(O)COc1ccc(OCc2ccc(OCC3CC3)cc2F)cc1. The van der Waals surface area contributed by atoms with Crippen LogP contribution in [-0.2, 0) is 6.61 Å². The molecule has 0 spiro atoms. The zero-order valence-corrected chi connectivity index (χ0v) is 14.3. The van der Waals surface area contributed by atoms with Gasteiger partial charge < -0.3 is 19.3 Å². The number of benzene rings is 2. The number of rotatable bonds is 9. The van der Waals surface area contributed by atoms with Crippen LogP contribution in [0.2, 0.25) is 0 Å². The van der Waals surface area contributed by atoms with Crippen molar-refractivity contribution in [2.75, 3.05) is 13.2 Å². The molecule has 0 aromatic heterocycles. The molecule has 25 heavy (non-hydrogen) atoms. The quantitative estimate of drug-likeness (QED) is 0.747. The molecular formula is C20H23FO4. The normalized spacial score (nSPS) is 14.8. The smallest absolute Gasteiger partial charge is 0.133 e. The predicted molar refractivity (Wildman–Crippen MR) is 92.6 cm³/mol. The maximum absolute atomic E-state index is 14.1. The number of aliphatic hydroxyl groups excluding tert-OH is 1. The zero-order chi connectivity index (χ0) is 17.6. The van der Waals surface area contributed by atoms with Gasteiger partial charge in [0.2, 0.25) is 0 Å². The molecule has 5 heteroatoms. The van der Waals surface area contributed by atoms with Gasteiger partial charge in [-0.15, -0.1) is 0 Å². The summed E-state index contributed by atoms with van der Waals surface area (Å²) < 4.78 is 30.7. The third-order valence-corrected chi connectivity index (χ3v) is 3.92. The number of ether oxygens (including phenoxy) is 3. The second-order valence-electron chi connectivity index (χ2n) is 6.43. The van der Waals surface area contributed by atoms with E-state index in [1.165, 1.54) is 18.9 Å². The van der Waals surface area contributed by atoms with Crippen LogP contribution in [0.15, 0.2) is 42.5 Å². The van der Waals surface area contributed by atoms with E-state index in [4.69, 9.17) is 14.2 Å². The van der Waals surface area contributed by atoms with Crippen molar-refractivity contribution in [1.29, 1.82) is 0 Å². The Bertz CT molecular complexity index is 681. The van der Waals surface area contributed by atoms with Gasteiger partial charge in [-0.2, -0.15) is 0 Å². The average molecular weight is 346 g/mol. The van der Waals surface area contributed by atoms with Crippen LogP contribution in [0.5, 0.6) is 17.2 Å². The molecule has 0 bridgehead atoms. The van der Waals surface area contributed by atoms with Crippen LogP contribution in [0, 0.1) is 11.7 Å². The predicted octanol–water partition coefficient (Wildman–Crippen LogP) is 3.95. The van der Waals surface area contributed by atoms with Crippen LogP contribution in [0.1, 0.15) is 25.3 Å². The summed E-state index contributed by atoms with van der Waals surface area (Å²) in [5, 5.41) is 9.19. The van der Waals surface area contributed by atoms with Gasteiger partial charge in [-0.25, -0.2) is 4.39 Å². The minimum atomic E-state index is -0.518. The second-order valence-corrected chi connectivity index (χ2v) is 6.43. The molecule has 1 aliphatic rings. The summed E-state index contributed by atoms with van der Waals surface area (Å²) in [6, 6.07) is 11.9. The number of hydrogen-bond donors (Lipinski definition) is 1. The first kappa shape index (κ1) is 17.5. The second kappa shape index (κ2) is 8.21. The topological polar surface area (TPSA) is 47.9 Å². The number of hydrogen-bond acceptors (Lipinski definition) is 4. The summed E-state index contributed by atoms with van der Waals surface area (Å²) >= 11 is 0. The van der Waals surface area contributed by atoms with Gasteiger partial charge >= 0.3 is 0 Å². The summed E-state index contributed by atoms with van der Waals surface area (Å²) in [5.74, 6) is 2.14. The van der Waals surface area contributed by atoms with Gasteiger partial charge in [0.05, 0.1) is 12.7 Å². The van der Waals surface area contributed by atoms with Gasteiger partial charge in [-0.3, -0.25) is 0 Å². The van der Waals surface area contributed by atoms with Crippen molar-refractivity contribution in [3.8, 4) is 17.2 Å². The van der Waals surface area contributed by atoms with Gasteiger partial charge in [0, 0.05) is 11.6 Å². The lowest BCUT2D eigenvalue weighted by atomic mass is 10.2. The highest BCUT2D eigenvalue weighted by atomic mass is 19.1. The van der Waals surface area contributed by atoms with Crippen LogP contribution < -0.4 is 14.2 Å². The molecule has 1 N–H and O–H groups in total. The van der Waals surface area contributed by atoms with E-state index in [-0.39, 0.29) is 19.0 Å². The zero-order valence-electron chi connectivity index (χ0n) is 14.3. The van der Waals surface area contributed by atoms with Crippen molar-refractivity contribution in [2.24, 2.45) is 5.92 Å². The van der Waals surface area contributed by atoms with Gasteiger partial charge in [0.1, 0.15) is 36.3 Å². The van der Waals surface area contributed by atoms with Gasteiger partial charge in [0.15, 0.2) is 0 Å². The first-order valence-corrected chi connectivity index (χ1v) is 8.55. The fourth-order valence-electron chi connectivity index (χ4n) is 2.24. The van der Waals surface area contributed by atoms with Gasteiger partial charge in [-0.1, -0.05) is 0 Å². The fourth-order valence-corrected chi connectivity index (χ4v) is 2.24. The van der Waals surface area contributed by atoms with Crippen LogP contribution in [0.25, 0.3) is 0 Å². The molecule has 1 unspecified atom stereocenters. The minimum absolute atomic E-state index is 0.141. The van der Waals surface area contributed by atoms with Gasteiger partial charge in [0.25, 0.3) is 0 Å². The number of aliphatic hydroxyl groups is 1. The lowest BCUT2D eigenvalue weighted by Gasteiger charge is -2.11. The van der Waals surface area contributed by atoms with Crippen molar-refractivity contribution >= 4 is 0 Å². The van der Waals surface area contributed by atoms with Gasteiger partial charge in [-0.05, 0) is 62.1 Å². The molecule has 1 atom stereocenters. The minimum Gasteiger partial charge on any atom is -0.493 e. The molecule has 0 radical (unpaired) electrons. The molecule has 1 saturated carbocycles. The fraction of sp³-hybridized carbons (Fsp3) is 0.400. The highest BCUT2D eigenvalue weighted by molar-refractivity contribution is 5.32. The van der Waals surface area contributed by atoms with Crippen LogP contribution in [0.4, 0.5) is 4.39 Å². The first-order valence-electron chi connectivity index (χ1n) is 8.55. The summed E-state index contributed by atoms with van der Waals surface area (Å²) in [5.41, 5.74) is 0.480. The molecule has 2 aromatic rings. The Morgan fingerprint density at radius 2 is 1.64 bits per heavy atom. The molecular weight excluding hydrogens is 323 g/mol. The highest BCUT2D eigenvalue weighted by Crippen LogP contribution is 2.30. The molecule has 1 aliphatic carbocycles. The Labute approximate surface area is 147 Å². The summed E-state index contributed by atoms with van der Waals surface area (Å²) in [6.45, 7) is 2.70. The van der Waals surface area contributed by atoms with E-state index >= 15 is 0 Å². The Morgan fingerprint density at radius 1 is 1.00 bits per heavy atom. The van der Waals surface area contributed by atoms with E-state index in [1.54, 1.807) is 43.3 Å². The van der Waals surface area contributed by atoms with Crippen molar-refractivity contribution in [2.45, 2.75) is 32.5 Å². The molecule has 134 valence electrons. The molecule has 0 saturated heterocycles. The Kier molecular flexibility index (Phi) is 5.76. The van der Waals surface area contributed by atoms with Crippen molar-refractivity contribution in [1.82, 2.24) is 0 Å². The van der Waals surface area contributed by atoms with Crippen LogP contribution in [-0.4, -0.2) is 24.4 Å². The third kappa shape index (κ3) is 5.64. The Morgan fingerprint density at radius 3 is 2.24 bits per heavy atom. The monoisotopic (exact) mass is 346 g/mol. The maximum Gasteiger partial charge on any atom is 0.133 e. The van der Waals surface area contributed by atoms with E-state index < -0.39 is 6.10 Å². The molecule has 0 heterocycles. The van der Waals surface area contributed by atoms with Crippen molar-refractivity contribution in [3.05, 3.63) is 53.8 Å². The molecule has 3 rings (SSSR count). The Balaban J connectivity index is 1.50.